The van der Waals surface area contributed by atoms with Crippen LogP contribution in [0.1, 0.15) is 11.1 Å². The lowest BCUT2D eigenvalue weighted by molar-refractivity contribution is 0.570. The molecule has 1 rings (SSSR count). The van der Waals surface area contributed by atoms with Crippen molar-refractivity contribution in [3.63, 3.8) is 0 Å². The molecule has 0 atom stereocenters. The Balaban J connectivity index is 3.05. The Morgan fingerprint density at radius 3 is 3.09 bits per heavy atom. The van der Waals surface area contributed by atoms with Gasteiger partial charge in [0.1, 0.15) is 0 Å². The molecule has 1 aromatic heterocycles. The molecule has 11 heavy (non-hydrogen) atoms. The highest BCUT2D eigenvalue weighted by Crippen LogP contribution is 2.06. The van der Waals surface area contributed by atoms with Crippen molar-refractivity contribution in [3.8, 4) is 6.07 Å². The molecule has 1 aromatic rings. The van der Waals surface area contributed by atoms with Gasteiger partial charge in [0.25, 0.3) is 0 Å². The number of nitrogens with zero attached hydrogens (tertiary/aromatic N) is 2. The first kappa shape index (κ1) is 7.67. The van der Waals surface area contributed by atoms with Gasteiger partial charge in [-0.2, -0.15) is 9.65 Å². The van der Waals surface area contributed by atoms with Crippen molar-refractivity contribution in [1.29, 1.82) is 5.26 Å². The van der Waals surface area contributed by atoms with Crippen LogP contribution in [0.25, 0.3) is 0 Å². The molecular weight excluding hydrogens is 143 g/mol. The van der Waals surface area contributed by atoms with Gasteiger partial charge in [-0.25, -0.2) is 4.98 Å². The fourth-order valence-corrected chi connectivity index (χ4v) is 0.822. The first-order valence-electron chi connectivity index (χ1n) is 3.22. The fourth-order valence-electron chi connectivity index (χ4n) is 0.822. The molecule has 56 valence electrons. The maximum Gasteiger partial charge on any atom is 0.217 e. The Labute approximate surface area is 64.3 Å². The van der Waals surface area contributed by atoms with Gasteiger partial charge in [0.2, 0.25) is 5.95 Å². The van der Waals surface area contributed by atoms with Crippen LogP contribution in [0.2, 0.25) is 0 Å². The number of aromatic nitrogens is 1. The topological polar surface area (TPSA) is 36.7 Å². The quantitative estimate of drug-likeness (QED) is 0.570. The van der Waals surface area contributed by atoms with Crippen molar-refractivity contribution in [3.05, 3.63) is 29.3 Å². The molecule has 0 saturated heterocycles. The average Bonchev–Trinajstić information content (AvgIpc) is 1.98. The van der Waals surface area contributed by atoms with Gasteiger partial charge < -0.3 is 0 Å². The van der Waals surface area contributed by atoms with E-state index in [-0.39, 0.29) is 6.42 Å². The third-order valence-corrected chi connectivity index (χ3v) is 1.32. The van der Waals surface area contributed by atoms with E-state index in [4.69, 9.17) is 5.26 Å². The minimum absolute atomic E-state index is 0.0838. The molecule has 0 radical (unpaired) electrons. The van der Waals surface area contributed by atoms with Gasteiger partial charge in [-0.1, -0.05) is 0 Å². The summed E-state index contributed by atoms with van der Waals surface area (Å²) in [7, 11) is 0. The Morgan fingerprint density at radius 2 is 2.45 bits per heavy atom. The van der Waals surface area contributed by atoms with Crippen LogP contribution < -0.4 is 0 Å². The van der Waals surface area contributed by atoms with Gasteiger partial charge in [0, 0.05) is 11.8 Å². The lowest BCUT2D eigenvalue weighted by atomic mass is 10.2. The number of nitriles is 1. The maximum atomic E-state index is 12.7. The number of hydrogen-bond acceptors (Lipinski definition) is 2. The molecule has 0 saturated carbocycles. The molecule has 0 aromatic carbocycles. The molecule has 3 heteroatoms. The van der Waals surface area contributed by atoms with E-state index in [0.29, 0.717) is 5.56 Å². The average molecular weight is 150 g/mol. The summed E-state index contributed by atoms with van der Waals surface area (Å²) in [6.07, 6.45) is 1.52. The highest BCUT2D eigenvalue weighted by Gasteiger charge is 2.01. The van der Waals surface area contributed by atoms with Crippen LogP contribution in [-0.2, 0) is 6.42 Å². The highest BCUT2D eigenvalue weighted by atomic mass is 19.1. The number of hydrogen-bond donors (Lipinski definition) is 0. The summed E-state index contributed by atoms with van der Waals surface area (Å²) in [5, 5.41) is 8.29. The summed E-state index contributed by atoms with van der Waals surface area (Å²) in [4.78, 5) is 3.48. The first-order valence-corrected chi connectivity index (χ1v) is 3.22. The third-order valence-electron chi connectivity index (χ3n) is 1.32. The monoisotopic (exact) mass is 150 g/mol. The van der Waals surface area contributed by atoms with Crippen molar-refractivity contribution in [2.24, 2.45) is 0 Å². The molecule has 0 spiro atoms. The zero-order valence-corrected chi connectivity index (χ0v) is 6.13. The first-order chi connectivity index (χ1) is 5.24. The second-order valence-electron chi connectivity index (χ2n) is 2.30. The zero-order valence-electron chi connectivity index (χ0n) is 6.13. The molecular formula is C8H7FN2. The van der Waals surface area contributed by atoms with Crippen LogP contribution in [-0.4, -0.2) is 4.98 Å². The fraction of sp³-hybridized carbons (Fsp3) is 0.250. The largest absolute Gasteiger partial charge is 0.228 e. The van der Waals surface area contributed by atoms with Gasteiger partial charge >= 0.3 is 0 Å². The van der Waals surface area contributed by atoms with Gasteiger partial charge in [-0.15, -0.1) is 0 Å². The van der Waals surface area contributed by atoms with E-state index in [2.05, 4.69) is 4.98 Å². The van der Waals surface area contributed by atoms with Crippen molar-refractivity contribution < 1.29 is 4.39 Å². The lowest BCUT2D eigenvalue weighted by Crippen LogP contribution is -1.93. The van der Waals surface area contributed by atoms with Gasteiger partial charge in [0.05, 0.1) is 12.5 Å². The van der Waals surface area contributed by atoms with E-state index >= 15 is 0 Å². The molecule has 0 N–H and O–H groups in total. The van der Waals surface area contributed by atoms with Crippen LogP contribution >= 0.6 is 0 Å². The van der Waals surface area contributed by atoms with Crippen molar-refractivity contribution in [2.75, 3.05) is 0 Å². The summed E-state index contributed by atoms with van der Waals surface area (Å²) in [6.45, 7) is 1.81. The summed E-state index contributed by atoms with van der Waals surface area (Å²) in [6, 6.07) is 3.50. The van der Waals surface area contributed by atoms with Crippen molar-refractivity contribution in [2.45, 2.75) is 13.3 Å². The smallest absolute Gasteiger partial charge is 0.217 e. The SMILES string of the molecule is Cc1cnc(F)c(CC#N)c1. The molecule has 2 nitrogen and oxygen atoms in total. The minimum atomic E-state index is -0.544. The molecule has 0 amide bonds. The molecule has 0 bridgehead atoms. The number of rotatable bonds is 1. The Kier molecular flexibility index (Phi) is 2.17. The number of pyridine rings is 1. The third kappa shape index (κ3) is 1.74. The summed E-state index contributed by atoms with van der Waals surface area (Å²) < 4.78 is 12.7. The standard InChI is InChI=1S/C8H7FN2/c1-6-4-7(2-3-10)8(9)11-5-6/h4-5H,2H2,1H3. The molecule has 0 aliphatic rings. The number of aryl methyl sites for hydroxylation is 1. The Morgan fingerprint density at radius 1 is 1.73 bits per heavy atom. The molecule has 0 unspecified atom stereocenters. The van der Waals surface area contributed by atoms with E-state index in [1.165, 1.54) is 6.20 Å². The molecule has 0 aliphatic carbocycles. The van der Waals surface area contributed by atoms with Crippen LogP contribution in [0.5, 0.6) is 0 Å². The minimum Gasteiger partial charge on any atom is -0.228 e. The van der Waals surface area contributed by atoms with E-state index in [1.807, 2.05) is 13.0 Å². The zero-order chi connectivity index (χ0) is 8.27. The van der Waals surface area contributed by atoms with Gasteiger partial charge in [-0.3, -0.25) is 0 Å². The van der Waals surface area contributed by atoms with E-state index in [1.54, 1.807) is 6.07 Å². The maximum absolute atomic E-state index is 12.7. The predicted molar refractivity (Wildman–Crippen MR) is 38.2 cm³/mol. The summed E-state index contributed by atoms with van der Waals surface area (Å²) >= 11 is 0. The predicted octanol–water partition coefficient (Wildman–Crippen LogP) is 1.60. The van der Waals surface area contributed by atoms with Crippen molar-refractivity contribution >= 4 is 0 Å². The summed E-state index contributed by atoms with van der Waals surface area (Å²) in [5.41, 5.74) is 1.24. The van der Waals surface area contributed by atoms with Crippen molar-refractivity contribution in [1.82, 2.24) is 4.98 Å². The van der Waals surface area contributed by atoms with Gasteiger partial charge in [-0.05, 0) is 18.6 Å². The van der Waals surface area contributed by atoms with Crippen LogP contribution in [0.4, 0.5) is 4.39 Å². The summed E-state index contributed by atoms with van der Waals surface area (Å²) in [5.74, 6) is -0.544. The van der Waals surface area contributed by atoms with Crippen LogP contribution in [0.15, 0.2) is 12.3 Å². The normalized spacial score (nSPS) is 9.18. The van der Waals surface area contributed by atoms with E-state index in [9.17, 15) is 4.39 Å². The number of halogens is 1. The highest BCUT2D eigenvalue weighted by molar-refractivity contribution is 5.20. The van der Waals surface area contributed by atoms with E-state index in [0.717, 1.165) is 5.56 Å². The second-order valence-corrected chi connectivity index (χ2v) is 2.30. The molecule has 0 aliphatic heterocycles. The van der Waals surface area contributed by atoms with E-state index < -0.39 is 5.95 Å². The molecule has 1 heterocycles. The Hall–Kier alpha value is -1.43. The lowest BCUT2D eigenvalue weighted by Gasteiger charge is -1.96. The van der Waals surface area contributed by atoms with Crippen LogP contribution in [0, 0.1) is 24.2 Å². The molecule has 0 fully saturated rings. The Bertz CT molecular complexity index is 301. The second kappa shape index (κ2) is 3.11. The van der Waals surface area contributed by atoms with Crippen LogP contribution in [0.3, 0.4) is 0 Å². The van der Waals surface area contributed by atoms with Gasteiger partial charge in [0.15, 0.2) is 0 Å².